The predicted molar refractivity (Wildman–Crippen MR) is 94.6 cm³/mol. The molecule has 2 aromatic heterocycles. The van der Waals surface area contributed by atoms with Crippen LogP contribution in [0.15, 0.2) is 30.3 Å². The van der Waals surface area contributed by atoms with Crippen molar-refractivity contribution in [3.05, 3.63) is 52.3 Å². The Morgan fingerprint density at radius 1 is 1.46 bits per heavy atom. The van der Waals surface area contributed by atoms with Gasteiger partial charge < -0.3 is 9.67 Å². The number of aliphatic carboxylic acids is 1. The molecule has 6 heteroatoms. The van der Waals surface area contributed by atoms with E-state index in [1.807, 2.05) is 44.3 Å². The van der Waals surface area contributed by atoms with Gasteiger partial charge in [0.05, 0.1) is 16.6 Å². The van der Waals surface area contributed by atoms with Gasteiger partial charge in [-0.05, 0) is 42.3 Å². The summed E-state index contributed by atoms with van der Waals surface area (Å²) in [5, 5.41) is 19.1. The monoisotopic (exact) mass is 337 g/mol. The molecule has 0 aliphatic carbocycles. The van der Waals surface area contributed by atoms with Crippen molar-refractivity contribution in [3.63, 3.8) is 0 Å². The number of benzene rings is 1. The van der Waals surface area contributed by atoms with Crippen LogP contribution in [-0.2, 0) is 11.8 Å². The second-order valence-electron chi connectivity index (χ2n) is 5.47. The first-order chi connectivity index (χ1) is 11.5. The smallest absolute Gasteiger partial charge is 0.307 e. The van der Waals surface area contributed by atoms with E-state index in [1.54, 1.807) is 10.6 Å². The minimum atomic E-state index is -0.908. The van der Waals surface area contributed by atoms with Gasteiger partial charge in [0.15, 0.2) is 0 Å². The van der Waals surface area contributed by atoms with E-state index in [0.717, 1.165) is 21.5 Å². The molecule has 1 N–H and O–H groups in total. The van der Waals surface area contributed by atoms with Gasteiger partial charge in [0.1, 0.15) is 16.8 Å². The van der Waals surface area contributed by atoms with Crippen molar-refractivity contribution in [3.8, 4) is 6.07 Å². The van der Waals surface area contributed by atoms with Gasteiger partial charge in [0, 0.05) is 12.7 Å². The highest BCUT2D eigenvalue weighted by atomic mass is 32.1. The van der Waals surface area contributed by atoms with Crippen LogP contribution in [0.5, 0.6) is 0 Å². The van der Waals surface area contributed by atoms with Crippen molar-refractivity contribution in [2.45, 2.75) is 13.3 Å². The Hall–Kier alpha value is -2.91. The van der Waals surface area contributed by atoms with E-state index in [2.05, 4.69) is 11.1 Å². The maximum Gasteiger partial charge on any atom is 0.307 e. The minimum absolute atomic E-state index is 0.115. The van der Waals surface area contributed by atoms with Crippen molar-refractivity contribution in [1.29, 1.82) is 5.26 Å². The molecule has 0 saturated carbocycles. The summed E-state index contributed by atoms with van der Waals surface area (Å²) in [6.07, 6.45) is 1.71. The molecule has 0 aliphatic heterocycles. The number of hydrogen-bond acceptors (Lipinski definition) is 4. The lowest BCUT2D eigenvalue weighted by Gasteiger charge is -2.02. The summed E-state index contributed by atoms with van der Waals surface area (Å²) in [7, 11) is 1.82. The van der Waals surface area contributed by atoms with Crippen LogP contribution < -0.4 is 0 Å². The van der Waals surface area contributed by atoms with Gasteiger partial charge in [-0.1, -0.05) is 12.1 Å². The van der Waals surface area contributed by atoms with Crippen LogP contribution >= 0.6 is 11.3 Å². The molecule has 5 nitrogen and oxygen atoms in total. The zero-order valence-corrected chi connectivity index (χ0v) is 14.1. The summed E-state index contributed by atoms with van der Waals surface area (Å²) >= 11 is 1.47. The van der Waals surface area contributed by atoms with Crippen LogP contribution in [0.3, 0.4) is 0 Å². The van der Waals surface area contributed by atoms with Crippen LogP contribution in [0.1, 0.15) is 28.4 Å². The molecule has 1 aromatic carbocycles. The Morgan fingerprint density at radius 2 is 2.21 bits per heavy atom. The van der Waals surface area contributed by atoms with Gasteiger partial charge in [0.25, 0.3) is 0 Å². The van der Waals surface area contributed by atoms with E-state index in [4.69, 9.17) is 5.26 Å². The average Bonchev–Trinajstić information content (AvgIpc) is 3.10. The molecule has 0 spiro atoms. The van der Waals surface area contributed by atoms with Crippen LogP contribution in [-0.4, -0.2) is 20.6 Å². The zero-order valence-electron chi connectivity index (χ0n) is 13.3. The fraction of sp³-hybridized carbons (Fsp3) is 0.167. The van der Waals surface area contributed by atoms with Gasteiger partial charge in [-0.3, -0.25) is 4.79 Å². The fourth-order valence-electron chi connectivity index (χ4n) is 2.52. The summed E-state index contributed by atoms with van der Waals surface area (Å²) in [4.78, 5) is 15.8. The van der Waals surface area contributed by atoms with Crippen LogP contribution in [0.25, 0.3) is 21.9 Å². The third kappa shape index (κ3) is 2.94. The molecule has 0 fully saturated rings. The molecule has 24 heavy (non-hydrogen) atoms. The van der Waals surface area contributed by atoms with E-state index in [9.17, 15) is 9.90 Å². The maximum atomic E-state index is 11.3. The molecule has 0 aliphatic rings. The number of carbonyl (C=O) groups is 1. The molecule has 3 aromatic rings. The Balaban J connectivity index is 2.13. The molecule has 0 bridgehead atoms. The number of rotatable bonds is 4. The standard InChI is InChI=1S/C18H15N3O2S/c1-11-12(8-14(10-19)21(11)2)7-13(9-17(22)23)18-20-15-5-3-4-6-16(15)24-18/h3-8H,9H2,1-2H3,(H,22,23). The van der Waals surface area contributed by atoms with Gasteiger partial charge in [-0.15, -0.1) is 11.3 Å². The SMILES string of the molecule is Cc1c(C=C(CC(=O)O)c2nc3ccccc3s2)cc(C#N)n1C. The second kappa shape index (κ2) is 6.30. The van der Waals surface area contributed by atoms with E-state index >= 15 is 0 Å². The first kappa shape index (κ1) is 16.0. The fourth-order valence-corrected chi connectivity index (χ4v) is 3.50. The lowest BCUT2D eigenvalue weighted by Crippen LogP contribution is -1.97. The van der Waals surface area contributed by atoms with Crippen molar-refractivity contribution in [1.82, 2.24) is 9.55 Å². The Bertz CT molecular complexity index is 972. The van der Waals surface area contributed by atoms with E-state index < -0.39 is 5.97 Å². The topological polar surface area (TPSA) is 78.9 Å². The maximum absolute atomic E-state index is 11.3. The van der Waals surface area contributed by atoms with E-state index in [-0.39, 0.29) is 6.42 Å². The number of fused-ring (bicyclic) bond motifs is 1. The lowest BCUT2D eigenvalue weighted by atomic mass is 10.1. The quantitative estimate of drug-likeness (QED) is 0.784. The van der Waals surface area contributed by atoms with Gasteiger partial charge in [-0.2, -0.15) is 5.26 Å². The summed E-state index contributed by atoms with van der Waals surface area (Å²) in [5.41, 5.74) is 3.79. The molecular weight excluding hydrogens is 322 g/mol. The minimum Gasteiger partial charge on any atom is -0.481 e. The van der Waals surface area contributed by atoms with Gasteiger partial charge in [0.2, 0.25) is 0 Å². The number of nitriles is 1. The molecule has 2 heterocycles. The second-order valence-corrected chi connectivity index (χ2v) is 6.50. The highest BCUT2D eigenvalue weighted by Gasteiger charge is 2.15. The molecule has 0 unspecified atom stereocenters. The van der Waals surface area contributed by atoms with Crippen LogP contribution in [0.4, 0.5) is 0 Å². The summed E-state index contributed by atoms with van der Waals surface area (Å²) in [5.74, 6) is -0.908. The highest BCUT2D eigenvalue weighted by molar-refractivity contribution is 7.19. The summed E-state index contributed by atoms with van der Waals surface area (Å²) in [6.45, 7) is 1.91. The Labute approximate surface area is 143 Å². The molecule has 0 amide bonds. The predicted octanol–water partition coefficient (Wildman–Crippen LogP) is 3.83. The number of aromatic nitrogens is 2. The van der Waals surface area contributed by atoms with Crippen LogP contribution in [0, 0.1) is 18.3 Å². The number of hydrogen-bond donors (Lipinski definition) is 1. The Kier molecular flexibility index (Phi) is 4.19. The van der Waals surface area contributed by atoms with Crippen LogP contribution in [0.2, 0.25) is 0 Å². The van der Waals surface area contributed by atoms with Crippen molar-refractivity contribution < 1.29 is 9.90 Å². The van der Waals surface area contributed by atoms with Gasteiger partial charge in [-0.25, -0.2) is 4.98 Å². The highest BCUT2D eigenvalue weighted by Crippen LogP contribution is 2.31. The summed E-state index contributed by atoms with van der Waals surface area (Å²) in [6, 6.07) is 11.6. The van der Waals surface area contributed by atoms with Gasteiger partial charge >= 0.3 is 5.97 Å². The number of carboxylic acids is 1. The first-order valence-corrected chi connectivity index (χ1v) is 8.16. The van der Waals surface area contributed by atoms with Crippen molar-refractivity contribution in [2.24, 2.45) is 7.05 Å². The molecule has 0 saturated heterocycles. The number of para-hydroxylation sites is 1. The third-order valence-corrected chi connectivity index (χ3v) is 5.04. The molecule has 0 atom stereocenters. The normalized spacial score (nSPS) is 11.6. The molecule has 0 radical (unpaired) electrons. The molecule has 3 rings (SSSR count). The largest absolute Gasteiger partial charge is 0.481 e. The molecular formula is C18H15N3O2S. The number of thiazole rings is 1. The first-order valence-electron chi connectivity index (χ1n) is 7.34. The number of nitrogens with zero attached hydrogens (tertiary/aromatic N) is 3. The van der Waals surface area contributed by atoms with Crippen molar-refractivity contribution in [2.75, 3.05) is 0 Å². The number of carboxylic acid groups (broad SMARTS) is 1. The average molecular weight is 337 g/mol. The zero-order chi connectivity index (χ0) is 17.3. The third-order valence-electron chi connectivity index (χ3n) is 3.93. The lowest BCUT2D eigenvalue weighted by molar-refractivity contribution is -0.135. The molecule has 120 valence electrons. The summed E-state index contributed by atoms with van der Waals surface area (Å²) < 4.78 is 2.81. The van der Waals surface area contributed by atoms with E-state index in [0.29, 0.717) is 16.3 Å². The Morgan fingerprint density at radius 3 is 2.83 bits per heavy atom. The van der Waals surface area contributed by atoms with E-state index in [1.165, 1.54) is 11.3 Å². The van der Waals surface area contributed by atoms with Crippen molar-refractivity contribution >= 4 is 39.2 Å².